The van der Waals surface area contributed by atoms with Crippen LogP contribution in [0.5, 0.6) is 0 Å². The van der Waals surface area contributed by atoms with E-state index in [1.807, 2.05) is 6.21 Å². The van der Waals surface area contributed by atoms with Crippen LogP contribution in [0.25, 0.3) is 0 Å². The van der Waals surface area contributed by atoms with Crippen LogP contribution in [0.15, 0.2) is 5.10 Å². The van der Waals surface area contributed by atoms with E-state index in [2.05, 4.69) is 15.8 Å². The Hall–Kier alpha value is -0.900. The normalized spacial score (nSPS) is 30.2. The van der Waals surface area contributed by atoms with E-state index in [1.54, 1.807) is 0 Å². The Morgan fingerprint density at radius 2 is 2.15 bits per heavy atom. The molecular formula is C9H15N3O. The van der Waals surface area contributed by atoms with Crippen LogP contribution in [-0.2, 0) is 4.79 Å². The minimum Gasteiger partial charge on any atom is -0.317 e. The highest BCUT2D eigenvalue weighted by molar-refractivity contribution is 5.84. The summed E-state index contributed by atoms with van der Waals surface area (Å²) >= 11 is 0. The molecule has 4 nitrogen and oxygen atoms in total. The molecule has 2 rings (SSSR count). The summed E-state index contributed by atoms with van der Waals surface area (Å²) in [5.74, 6) is 0.821. The number of nitrogens with zero attached hydrogens (tertiary/aromatic N) is 1. The van der Waals surface area contributed by atoms with Crippen LogP contribution >= 0.6 is 0 Å². The summed E-state index contributed by atoms with van der Waals surface area (Å²) in [5, 5.41) is 7.07. The van der Waals surface area contributed by atoms with E-state index in [-0.39, 0.29) is 11.8 Å². The monoisotopic (exact) mass is 181 g/mol. The molecule has 0 bridgehead atoms. The number of hydrazone groups is 1. The molecule has 1 atom stereocenters. The molecule has 2 N–H and O–H groups in total. The Bertz CT molecular complexity index is 221. The van der Waals surface area contributed by atoms with Gasteiger partial charge in [-0.1, -0.05) is 0 Å². The Morgan fingerprint density at radius 3 is 2.85 bits per heavy atom. The Morgan fingerprint density at radius 1 is 1.38 bits per heavy atom. The van der Waals surface area contributed by atoms with Gasteiger partial charge in [-0.05, 0) is 38.3 Å². The second-order valence-corrected chi connectivity index (χ2v) is 3.72. The fourth-order valence-corrected chi connectivity index (χ4v) is 2.12. The first-order chi connectivity index (χ1) is 6.38. The molecule has 0 spiro atoms. The van der Waals surface area contributed by atoms with Crippen molar-refractivity contribution >= 4 is 12.1 Å². The molecule has 2 aliphatic rings. The summed E-state index contributed by atoms with van der Waals surface area (Å²) in [6.45, 7) is 2.09. The number of carbonyl (C=O) groups is 1. The quantitative estimate of drug-likeness (QED) is 0.603. The number of hydrogen-bond acceptors (Lipinski definition) is 3. The number of hydrogen-bond donors (Lipinski definition) is 2. The highest BCUT2D eigenvalue weighted by Crippen LogP contribution is 2.25. The molecule has 2 heterocycles. The number of nitrogens with one attached hydrogen (secondary N) is 2. The maximum absolute atomic E-state index is 11.4. The maximum atomic E-state index is 11.4. The molecule has 1 fully saturated rings. The van der Waals surface area contributed by atoms with Gasteiger partial charge in [-0.15, -0.1) is 0 Å². The molecule has 0 aromatic carbocycles. The predicted octanol–water partition coefficient (Wildman–Crippen LogP) is 0.108. The molecule has 2 aliphatic heterocycles. The molecule has 0 radical (unpaired) electrons. The van der Waals surface area contributed by atoms with Gasteiger partial charge in [-0.25, -0.2) is 5.43 Å². The SMILES string of the molecule is O=C1NN=CCC1C1CCNCC1. The van der Waals surface area contributed by atoms with Crippen molar-refractivity contribution < 1.29 is 4.79 Å². The van der Waals surface area contributed by atoms with Crippen molar-refractivity contribution in [2.75, 3.05) is 13.1 Å². The minimum atomic E-state index is 0.106. The van der Waals surface area contributed by atoms with Crippen LogP contribution in [0.2, 0.25) is 0 Å². The second kappa shape index (κ2) is 3.87. The van der Waals surface area contributed by atoms with Crippen LogP contribution in [0, 0.1) is 11.8 Å². The first-order valence-electron chi connectivity index (χ1n) is 4.90. The van der Waals surface area contributed by atoms with Crippen molar-refractivity contribution in [1.82, 2.24) is 10.7 Å². The lowest BCUT2D eigenvalue weighted by atomic mass is 9.82. The number of piperidine rings is 1. The first-order valence-corrected chi connectivity index (χ1v) is 4.90. The number of amides is 1. The van der Waals surface area contributed by atoms with Gasteiger partial charge in [-0.3, -0.25) is 4.79 Å². The summed E-state index contributed by atoms with van der Waals surface area (Å²) in [6.07, 6.45) is 4.86. The van der Waals surface area contributed by atoms with Gasteiger partial charge in [0.2, 0.25) is 5.91 Å². The van der Waals surface area contributed by atoms with Gasteiger partial charge in [0, 0.05) is 12.1 Å². The van der Waals surface area contributed by atoms with E-state index in [1.165, 1.54) is 0 Å². The molecule has 0 aromatic rings. The van der Waals surface area contributed by atoms with Crippen molar-refractivity contribution in [3.63, 3.8) is 0 Å². The van der Waals surface area contributed by atoms with Crippen LogP contribution in [0.1, 0.15) is 19.3 Å². The van der Waals surface area contributed by atoms with Crippen molar-refractivity contribution in [3.8, 4) is 0 Å². The largest absolute Gasteiger partial charge is 0.317 e. The zero-order valence-corrected chi connectivity index (χ0v) is 7.62. The third-order valence-corrected chi connectivity index (χ3v) is 2.91. The molecule has 4 heteroatoms. The molecule has 13 heavy (non-hydrogen) atoms. The molecule has 1 unspecified atom stereocenters. The number of rotatable bonds is 1. The van der Waals surface area contributed by atoms with E-state index in [0.717, 1.165) is 32.4 Å². The Balaban J connectivity index is 1.97. The predicted molar refractivity (Wildman–Crippen MR) is 50.3 cm³/mol. The van der Waals surface area contributed by atoms with Crippen LogP contribution < -0.4 is 10.7 Å². The van der Waals surface area contributed by atoms with Crippen LogP contribution in [0.4, 0.5) is 0 Å². The summed E-state index contributed by atoms with van der Waals surface area (Å²) in [5.41, 5.74) is 2.54. The van der Waals surface area contributed by atoms with E-state index in [4.69, 9.17) is 0 Å². The van der Waals surface area contributed by atoms with Crippen molar-refractivity contribution in [2.45, 2.75) is 19.3 Å². The fraction of sp³-hybridized carbons (Fsp3) is 0.778. The first kappa shape index (κ1) is 8.69. The van der Waals surface area contributed by atoms with Gasteiger partial charge in [0.05, 0.1) is 0 Å². The third-order valence-electron chi connectivity index (χ3n) is 2.91. The average Bonchev–Trinajstić information content (AvgIpc) is 2.20. The molecule has 0 aliphatic carbocycles. The van der Waals surface area contributed by atoms with Gasteiger partial charge in [0.25, 0.3) is 0 Å². The van der Waals surface area contributed by atoms with Gasteiger partial charge in [0.1, 0.15) is 0 Å². The highest BCUT2D eigenvalue weighted by Gasteiger charge is 2.29. The van der Waals surface area contributed by atoms with E-state index >= 15 is 0 Å². The zero-order chi connectivity index (χ0) is 9.10. The summed E-state index contributed by atoms with van der Waals surface area (Å²) in [6, 6.07) is 0. The Labute approximate surface area is 77.8 Å². The van der Waals surface area contributed by atoms with E-state index < -0.39 is 0 Å². The van der Waals surface area contributed by atoms with Gasteiger partial charge in [-0.2, -0.15) is 5.10 Å². The lowest BCUT2D eigenvalue weighted by Gasteiger charge is -2.29. The molecule has 1 saturated heterocycles. The van der Waals surface area contributed by atoms with Gasteiger partial charge < -0.3 is 5.32 Å². The second-order valence-electron chi connectivity index (χ2n) is 3.72. The third kappa shape index (κ3) is 1.88. The smallest absolute Gasteiger partial charge is 0.243 e. The molecular weight excluding hydrogens is 166 g/mol. The lowest BCUT2D eigenvalue weighted by molar-refractivity contribution is -0.127. The van der Waals surface area contributed by atoms with E-state index in [0.29, 0.717) is 5.92 Å². The van der Waals surface area contributed by atoms with E-state index in [9.17, 15) is 4.79 Å². The summed E-state index contributed by atoms with van der Waals surface area (Å²) in [7, 11) is 0. The number of carbonyl (C=O) groups excluding carboxylic acids is 1. The Kier molecular flexibility index (Phi) is 2.59. The standard InChI is InChI=1S/C9H15N3O/c13-9-8(3-6-11-12-9)7-1-4-10-5-2-7/h6-8,10H,1-5H2,(H,12,13). The summed E-state index contributed by atoms with van der Waals surface area (Å²) in [4.78, 5) is 11.4. The zero-order valence-electron chi connectivity index (χ0n) is 7.62. The maximum Gasteiger partial charge on any atom is 0.243 e. The van der Waals surface area contributed by atoms with Gasteiger partial charge in [0.15, 0.2) is 0 Å². The van der Waals surface area contributed by atoms with Crippen LogP contribution in [-0.4, -0.2) is 25.2 Å². The van der Waals surface area contributed by atoms with Crippen LogP contribution in [0.3, 0.4) is 0 Å². The molecule has 0 aromatic heterocycles. The molecule has 0 saturated carbocycles. The van der Waals surface area contributed by atoms with Crippen molar-refractivity contribution in [1.29, 1.82) is 0 Å². The highest BCUT2D eigenvalue weighted by atomic mass is 16.2. The fourth-order valence-electron chi connectivity index (χ4n) is 2.12. The van der Waals surface area contributed by atoms with Gasteiger partial charge >= 0.3 is 0 Å². The van der Waals surface area contributed by atoms with Crippen molar-refractivity contribution in [2.24, 2.45) is 16.9 Å². The molecule has 1 amide bonds. The summed E-state index contributed by atoms with van der Waals surface area (Å²) < 4.78 is 0. The average molecular weight is 181 g/mol. The lowest BCUT2D eigenvalue weighted by Crippen LogP contribution is -2.40. The van der Waals surface area contributed by atoms with Crippen molar-refractivity contribution in [3.05, 3.63) is 0 Å². The topological polar surface area (TPSA) is 53.5 Å². The minimum absolute atomic E-state index is 0.106. The molecule has 72 valence electrons.